The molecule has 0 aliphatic carbocycles. The van der Waals surface area contributed by atoms with E-state index in [1.165, 1.54) is 11.3 Å². The number of hydrogen-bond acceptors (Lipinski definition) is 4. The predicted molar refractivity (Wildman–Crippen MR) is 65.1 cm³/mol. The minimum absolute atomic E-state index is 0.0329. The van der Waals surface area contributed by atoms with E-state index < -0.39 is 5.97 Å². The molecule has 0 aliphatic rings. The number of nitrogens with zero attached hydrogens (tertiary/aromatic N) is 3. The van der Waals surface area contributed by atoms with Crippen LogP contribution in [0.3, 0.4) is 0 Å². The number of rotatable bonds is 4. The Labute approximate surface area is 103 Å². The van der Waals surface area contributed by atoms with Crippen molar-refractivity contribution in [3.8, 4) is 10.6 Å². The summed E-state index contributed by atoms with van der Waals surface area (Å²) >= 11 is 1.44. The summed E-state index contributed by atoms with van der Waals surface area (Å²) in [7, 11) is 0. The van der Waals surface area contributed by atoms with Crippen LogP contribution in [0.4, 0.5) is 0 Å². The Balaban J connectivity index is 2.21. The van der Waals surface area contributed by atoms with Gasteiger partial charge in [-0.2, -0.15) is 5.10 Å². The van der Waals surface area contributed by atoms with E-state index >= 15 is 0 Å². The van der Waals surface area contributed by atoms with Crippen LogP contribution in [0.2, 0.25) is 0 Å². The standard InChI is InChI=1S/C11H13N3O2S/c1-7(2)14-5-8(4-12-14)11-13-9(6-17-11)3-10(15)16/h4-7H,3H2,1-2H3,(H,15,16). The van der Waals surface area contributed by atoms with Gasteiger partial charge in [0.15, 0.2) is 0 Å². The fourth-order valence-electron chi connectivity index (χ4n) is 1.41. The Morgan fingerprint density at radius 1 is 1.59 bits per heavy atom. The van der Waals surface area contributed by atoms with Gasteiger partial charge in [0.05, 0.1) is 18.3 Å². The first-order valence-corrected chi connectivity index (χ1v) is 6.15. The largest absolute Gasteiger partial charge is 0.481 e. The number of aliphatic carboxylic acids is 1. The van der Waals surface area contributed by atoms with Crippen molar-refractivity contribution in [2.75, 3.05) is 0 Å². The van der Waals surface area contributed by atoms with Crippen LogP contribution < -0.4 is 0 Å². The maximum absolute atomic E-state index is 10.6. The Morgan fingerprint density at radius 2 is 2.35 bits per heavy atom. The van der Waals surface area contributed by atoms with Gasteiger partial charge >= 0.3 is 5.97 Å². The van der Waals surface area contributed by atoms with E-state index in [4.69, 9.17) is 5.11 Å². The minimum Gasteiger partial charge on any atom is -0.481 e. The van der Waals surface area contributed by atoms with Gasteiger partial charge in [-0.05, 0) is 13.8 Å². The fourth-order valence-corrected chi connectivity index (χ4v) is 2.20. The van der Waals surface area contributed by atoms with Crippen LogP contribution in [-0.2, 0) is 11.2 Å². The molecule has 0 saturated heterocycles. The monoisotopic (exact) mass is 251 g/mol. The minimum atomic E-state index is -0.861. The molecular weight excluding hydrogens is 238 g/mol. The molecule has 0 amide bonds. The molecule has 90 valence electrons. The Hall–Kier alpha value is -1.69. The average molecular weight is 251 g/mol. The second kappa shape index (κ2) is 4.67. The second-order valence-corrected chi connectivity index (χ2v) is 4.88. The summed E-state index contributed by atoms with van der Waals surface area (Å²) in [5, 5.41) is 15.5. The van der Waals surface area contributed by atoms with Crippen molar-refractivity contribution in [1.82, 2.24) is 14.8 Å². The molecular formula is C11H13N3O2S. The highest BCUT2D eigenvalue weighted by molar-refractivity contribution is 7.13. The van der Waals surface area contributed by atoms with Gasteiger partial charge in [0.1, 0.15) is 5.01 Å². The summed E-state index contributed by atoms with van der Waals surface area (Å²) in [6, 6.07) is 0.308. The lowest BCUT2D eigenvalue weighted by molar-refractivity contribution is -0.136. The topological polar surface area (TPSA) is 68.0 Å². The molecule has 0 fully saturated rings. The van der Waals surface area contributed by atoms with Gasteiger partial charge in [-0.1, -0.05) is 0 Å². The molecule has 0 aliphatic heterocycles. The molecule has 0 aromatic carbocycles. The summed E-state index contributed by atoms with van der Waals surface area (Å²) in [6.07, 6.45) is 3.65. The Kier molecular flexibility index (Phi) is 3.23. The van der Waals surface area contributed by atoms with Crippen molar-refractivity contribution in [2.24, 2.45) is 0 Å². The van der Waals surface area contributed by atoms with E-state index in [1.54, 1.807) is 11.6 Å². The molecule has 2 aromatic rings. The van der Waals surface area contributed by atoms with Crippen molar-refractivity contribution in [1.29, 1.82) is 0 Å². The lowest BCUT2D eigenvalue weighted by Gasteiger charge is -2.02. The maximum Gasteiger partial charge on any atom is 0.309 e. The summed E-state index contributed by atoms with van der Waals surface area (Å²) in [5.74, 6) is -0.861. The third kappa shape index (κ3) is 2.71. The molecule has 0 bridgehead atoms. The van der Waals surface area contributed by atoms with Crippen LogP contribution in [0.15, 0.2) is 17.8 Å². The summed E-state index contributed by atoms with van der Waals surface area (Å²) in [4.78, 5) is 14.8. The maximum atomic E-state index is 10.6. The summed E-state index contributed by atoms with van der Waals surface area (Å²) in [5.41, 5.74) is 1.52. The number of hydrogen-bond donors (Lipinski definition) is 1. The van der Waals surface area contributed by atoms with Crippen LogP contribution in [0.1, 0.15) is 25.6 Å². The van der Waals surface area contributed by atoms with Crippen LogP contribution in [0, 0.1) is 0 Å². The van der Waals surface area contributed by atoms with Gasteiger partial charge < -0.3 is 5.11 Å². The molecule has 0 atom stereocenters. The van der Waals surface area contributed by atoms with Gasteiger partial charge in [-0.3, -0.25) is 9.48 Å². The molecule has 17 heavy (non-hydrogen) atoms. The molecule has 6 heteroatoms. The number of thiazole rings is 1. The van der Waals surface area contributed by atoms with Crippen molar-refractivity contribution < 1.29 is 9.90 Å². The van der Waals surface area contributed by atoms with E-state index in [1.807, 2.05) is 10.9 Å². The van der Waals surface area contributed by atoms with Crippen molar-refractivity contribution in [3.63, 3.8) is 0 Å². The number of aromatic nitrogens is 3. The highest BCUT2D eigenvalue weighted by atomic mass is 32.1. The quantitative estimate of drug-likeness (QED) is 0.904. The van der Waals surface area contributed by atoms with Crippen molar-refractivity contribution in [2.45, 2.75) is 26.3 Å². The first-order chi connectivity index (χ1) is 8.06. The van der Waals surface area contributed by atoms with E-state index in [0.29, 0.717) is 11.7 Å². The third-order valence-corrected chi connectivity index (χ3v) is 3.20. The summed E-state index contributed by atoms with van der Waals surface area (Å²) in [6.45, 7) is 4.10. The van der Waals surface area contributed by atoms with Crippen LogP contribution in [-0.4, -0.2) is 25.8 Å². The zero-order valence-corrected chi connectivity index (χ0v) is 10.4. The van der Waals surface area contributed by atoms with Crippen LogP contribution >= 0.6 is 11.3 Å². The van der Waals surface area contributed by atoms with E-state index in [2.05, 4.69) is 23.9 Å². The molecule has 0 saturated carbocycles. The van der Waals surface area contributed by atoms with Crippen LogP contribution in [0.25, 0.3) is 10.6 Å². The second-order valence-electron chi connectivity index (χ2n) is 4.02. The average Bonchev–Trinajstić information content (AvgIpc) is 2.83. The Bertz CT molecular complexity index is 530. The van der Waals surface area contributed by atoms with Crippen LogP contribution in [0.5, 0.6) is 0 Å². The van der Waals surface area contributed by atoms with Crippen molar-refractivity contribution in [3.05, 3.63) is 23.5 Å². The van der Waals surface area contributed by atoms with Gasteiger partial charge in [0.25, 0.3) is 0 Å². The smallest absolute Gasteiger partial charge is 0.309 e. The van der Waals surface area contributed by atoms with Gasteiger partial charge in [0, 0.05) is 23.2 Å². The lowest BCUT2D eigenvalue weighted by Crippen LogP contribution is -2.00. The Morgan fingerprint density at radius 3 is 2.94 bits per heavy atom. The van der Waals surface area contributed by atoms with Gasteiger partial charge in [-0.15, -0.1) is 11.3 Å². The third-order valence-electron chi connectivity index (χ3n) is 2.26. The molecule has 0 spiro atoms. The number of carboxylic acid groups (broad SMARTS) is 1. The van der Waals surface area contributed by atoms with Crippen molar-refractivity contribution >= 4 is 17.3 Å². The molecule has 0 radical (unpaired) electrons. The lowest BCUT2D eigenvalue weighted by atomic mass is 10.3. The molecule has 2 heterocycles. The fraction of sp³-hybridized carbons (Fsp3) is 0.364. The molecule has 2 rings (SSSR count). The molecule has 2 aromatic heterocycles. The summed E-state index contributed by atoms with van der Waals surface area (Å²) < 4.78 is 1.85. The first kappa shape index (κ1) is 11.8. The number of carbonyl (C=O) groups is 1. The van der Waals surface area contributed by atoms with E-state index in [-0.39, 0.29) is 6.42 Å². The molecule has 1 N–H and O–H groups in total. The van der Waals surface area contributed by atoms with E-state index in [0.717, 1.165) is 10.6 Å². The predicted octanol–water partition coefficient (Wildman–Crippen LogP) is 2.21. The molecule has 0 unspecified atom stereocenters. The van der Waals surface area contributed by atoms with Gasteiger partial charge in [-0.25, -0.2) is 4.98 Å². The van der Waals surface area contributed by atoms with Gasteiger partial charge in [0.2, 0.25) is 0 Å². The zero-order valence-electron chi connectivity index (χ0n) is 9.62. The molecule has 5 nitrogen and oxygen atoms in total. The SMILES string of the molecule is CC(C)n1cc(-c2nc(CC(=O)O)cs2)cn1. The first-order valence-electron chi connectivity index (χ1n) is 5.27. The normalized spacial score (nSPS) is 11.0. The number of carboxylic acids is 1. The highest BCUT2D eigenvalue weighted by Crippen LogP contribution is 2.24. The highest BCUT2D eigenvalue weighted by Gasteiger charge is 2.10. The zero-order chi connectivity index (χ0) is 12.4. The van der Waals surface area contributed by atoms with E-state index in [9.17, 15) is 4.79 Å².